The molecule has 0 unspecified atom stereocenters. The molecule has 154 valence electrons. The molecule has 3 amide bonds. The lowest BCUT2D eigenvalue weighted by Gasteiger charge is -2.14. The van der Waals surface area contributed by atoms with Gasteiger partial charge in [-0.25, -0.2) is 9.18 Å². The van der Waals surface area contributed by atoms with Crippen LogP contribution in [0, 0.1) is 5.82 Å². The van der Waals surface area contributed by atoms with Gasteiger partial charge in [0.25, 0.3) is 0 Å². The Morgan fingerprint density at radius 2 is 2.00 bits per heavy atom. The second-order valence-corrected chi connectivity index (χ2v) is 8.09. The summed E-state index contributed by atoms with van der Waals surface area (Å²) in [6, 6.07) is 5.76. The summed E-state index contributed by atoms with van der Waals surface area (Å²) in [7, 11) is 0. The van der Waals surface area contributed by atoms with Gasteiger partial charge in [0.15, 0.2) is 11.0 Å². The molecule has 1 saturated heterocycles. The Kier molecular flexibility index (Phi) is 6.10. The summed E-state index contributed by atoms with van der Waals surface area (Å²) >= 11 is 1.20. The first kappa shape index (κ1) is 19.8. The average Bonchev–Trinajstić information content (AvgIpc) is 3.20. The number of hydrogen-bond donors (Lipinski definition) is 2. The first-order valence-corrected chi connectivity index (χ1v) is 10.6. The van der Waals surface area contributed by atoms with Gasteiger partial charge in [-0.3, -0.25) is 14.7 Å². The van der Waals surface area contributed by atoms with Crippen molar-refractivity contribution in [1.82, 2.24) is 25.4 Å². The van der Waals surface area contributed by atoms with Gasteiger partial charge < -0.3 is 10.1 Å². The third-order valence-corrected chi connectivity index (χ3v) is 5.69. The maximum absolute atomic E-state index is 13.3. The van der Waals surface area contributed by atoms with Gasteiger partial charge in [-0.15, -0.1) is 10.2 Å². The molecule has 29 heavy (non-hydrogen) atoms. The quantitative estimate of drug-likeness (QED) is 0.669. The number of benzene rings is 1. The van der Waals surface area contributed by atoms with Crippen LogP contribution < -0.4 is 10.6 Å². The fraction of sp³-hybridized carbons (Fsp3) is 0.474. The highest BCUT2D eigenvalue weighted by atomic mass is 32.2. The molecule has 1 aromatic carbocycles. The standard InChI is InChI=1S/C19H22FN5O3S/c20-13-5-3-12(4-6-13)17-23-24-19(25(17)10-15-2-1-9-28-15)29-11-16(26)22-18(27)21-14-7-8-14/h3-6,14-15H,1-2,7-11H2,(H2,21,22,26,27)/t15-/m0/s1. The monoisotopic (exact) mass is 419 g/mol. The first-order chi connectivity index (χ1) is 14.1. The summed E-state index contributed by atoms with van der Waals surface area (Å²) in [4.78, 5) is 23.8. The molecular formula is C19H22FN5O3S. The SMILES string of the molecule is O=C(CSc1nnc(-c2ccc(F)cc2)n1C[C@@H]1CCCO1)NC(=O)NC1CC1. The Labute approximate surface area is 171 Å². The highest BCUT2D eigenvalue weighted by molar-refractivity contribution is 7.99. The van der Waals surface area contributed by atoms with E-state index in [1.54, 1.807) is 12.1 Å². The molecule has 8 nitrogen and oxygen atoms in total. The fourth-order valence-electron chi connectivity index (χ4n) is 3.11. The van der Waals surface area contributed by atoms with Crippen LogP contribution in [0.25, 0.3) is 11.4 Å². The summed E-state index contributed by atoms with van der Waals surface area (Å²) in [5.74, 6) is -0.0988. The van der Waals surface area contributed by atoms with Gasteiger partial charge >= 0.3 is 6.03 Å². The molecule has 0 spiro atoms. The van der Waals surface area contributed by atoms with Crippen LogP contribution in [0.1, 0.15) is 25.7 Å². The van der Waals surface area contributed by atoms with E-state index in [0.717, 1.165) is 37.9 Å². The summed E-state index contributed by atoms with van der Waals surface area (Å²) in [6.07, 6.45) is 3.89. The molecule has 10 heteroatoms. The zero-order valence-electron chi connectivity index (χ0n) is 15.8. The molecule has 2 aliphatic rings. The lowest BCUT2D eigenvalue weighted by Crippen LogP contribution is -2.41. The van der Waals surface area contributed by atoms with Crippen molar-refractivity contribution in [2.75, 3.05) is 12.4 Å². The van der Waals surface area contributed by atoms with Crippen molar-refractivity contribution in [3.63, 3.8) is 0 Å². The Bertz CT molecular complexity index is 878. The molecule has 1 atom stereocenters. The molecule has 1 aliphatic carbocycles. The topological polar surface area (TPSA) is 98.1 Å². The Hall–Kier alpha value is -2.46. The second kappa shape index (κ2) is 8.91. The molecule has 0 radical (unpaired) electrons. The lowest BCUT2D eigenvalue weighted by atomic mass is 10.2. The molecule has 1 aliphatic heterocycles. The van der Waals surface area contributed by atoms with Crippen molar-refractivity contribution in [2.45, 2.75) is 49.5 Å². The molecule has 2 aromatic rings. The number of rotatable bonds is 7. The molecule has 2 fully saturated rings. The molecule has 4 rings (SSSR count). The van der Waals surface area contributed by atoms with Gasteiger partial charge in [0.2, 0.25) is 5.91 Å². The van der Waals surface area contributed by atoms with Crippen molar-refractivity contribution in [3.8, 4) is 11.4 Å². The second-order valence-electron chi connectivity index (χ2n) is 7.14. The normalized spacial score (nSPS) is 18.6. The van der Waals surface area contributed by atoms with Gasteiger partial charge in [-0.1, -0.05) is 11.8 Å². The van der Waals surface area contributed by atoms with Crippen LogP contribution in [0.5, 0.6) is 0 Å². The van der Waals surface area contributed by atoms with Crippen LogP contribution in [0.4, 0.5) is 9.18 Å². The Morgan fingerprint density at radius 3 is 2.69 bits per heavy atom. The number of thioether (sulfide) groups is 1. The Morgan fingerprint density at radius 1 is 1.21 bits per heavy atom. The summed E-state index contributed by atoms with van der Waals surface area (Å²) in [5, 5.41) is 14.1. The summed E-state index contributed by atoms with van der Waals surface area (Å²) < 4.78 is 20.9. The van der Waals surface area contributed by atoms with E-state index in [1.165, 1.54) is 23.9 Å². The van der Waals surface area contributed by atoms with E-state index < -0.39 is 11.9 Å². The highest BCUT2D eigenvalue weighted by Crippen LogP contribution is 2.26. The molecular weight excluding hydrogens is 397 g/mol. The molecule has 2 heterocycles. The minimum absolute atomic E-state index is 0.0329. The number of nitrogens with one attached hydrogen (secondary N) is 2. The average molecular weight is 419 g/mol. The molecule has 0 bridgehead atoms. The molecule has 1 saturated carbocycles. The predicted molar refractivity (Wildman–Crippen MR) is 105 cm³/mol. The van der Waals surface area contributed by atoms with Crippen molar-refractivity contribution >= 4 is 23.7 Å². The van der Waals surface area contributed by atoms with E-state index in [9.17, 15) is 14.0 Å². The minimum Gasteiger partial charge on any atom is -0.376 e. The van der Waals surface area contributed by atoms with Gasteiger partial charge in [-0.05, 0) is 49.9 Å². The number of carbonyl (C=O) groups is 2. The molecule has 1 aromatic heterocycles. The Balaban J connectivity index is 1.45. The van der Waals surface area contributed by atoms with Crippen LogP contribution in [-0.2, 0) is 16.1 Å². The number of carbonyl (C=O) groups excluding carboxylic acids is 2. The molecule has 2 N–H and O–H groups in total. The smallest absolute Gasteiger partial charge is 0.321 e. The van der Waals surface area contributed by atoms with E-state index in [-0.39, 0.29) is 23.7 Å². The number of aromatic nitrogens is 3. The van der Waals surface area contributed by atoms with E-state index in [2.05, 4.69) is 20.8 Å². The van der Waals surface area contributed by atoms with E-state index in [4.69, 9.17) is 4.74 Å². The predicted octanol–water partition coefficient (Wildman–Crippen LogP) is 2.34. The van der Waals surface area contributed by atoms with Gasteiger partial charge in [0.1, 0.15) is 5.82 Å². The van der Waals surface area contributed by atoms with Crippen molar-refractivity contribution in [3.05, 3.63) is 30.1 Å². The van der Waals surface area contributed by atoms with Crippen LogP contribution in [0.3, 0.4) is 0 Å². The number of imide groups is 1. The lowest BCUT2D eigenvalue weighted by molar-refractivity contribution is -0.117. The van der Waals surface area contributed by atoms with Crippen LogP contribution >= 0.6 is 11.8 Å². The third kappa shape index (κ3) is 5.33. The van der Waals surface area contributed by atoms with Gasteiger partial charge in [-0.2, -0.15) is 0 Å². The number of urea groups is 1. The van der Waals surface area contributed by atoms with Crippen LogP contribution in [-0.4, -0.2) is 51.2 Å². The number of amides is 3. The summed E-state index contributed by atoms with van der Waals surface area (Å²) in [6.45, 7) is 1.27. The minimum atomic E-state index is -0.467. The number of hydrogen-bond acceptors (Lipinski definition) is 6. The first-order valence-electron chi connectivity index (χ1n) is 9.62. The van der Waals surface area contributed by atoms with Crippen LogP contribution in [0.15, 0.2) is 29.4 Å². The summed E-state index contributed by atoms with van der Waals surface area (Å²) in [5.41, 5.74) is 0.733. The maximum atomic E-state index is 13.3. The van der Waals surface area contributed by atoms with Gasteiger partial charge in [0, 0.05) is 18.2 Å². The third-order valence-electron chi connectivity index (χ3n) is 4.73. The fourth-order valence-corrected chi connectivity index (χ4v) is 3.85. The van der Waals surface area contributed by atoms with E-state index >= 15 is 0 Å². The maximum Gasteiger partial charge on any atom is 0.321 e. The van der Waals surface area contributed by atoms with Crippen LogP contribution in [0.2, 0.25) is 0 Å². The highest BCUT2D eigenvalue weighted by Gasteiger charge is 2.25. The number of ether oxygens (including phenoxy) is 1. The largest absolute Gasteiger partial charge is 0.376 e. The number of nitrogens with zero attached hydrogens (tertiary/aromatic N) is 3. The van der Waals surface area contributed by atoms with Crippen molar-refractivity contribution < 1.29 is 18.7 Å². The van der Waals surface area contributed by atoms with E-state index in [0.29, 0.717) is 17.5 Å². The van der Waals surface area contributed by atoms with E-state index in [1.807, 2.05) is 4.57 Å². The zero-order valence-corrected chi connectivity index (χ0v) is 16.6. The van der Waals surface area contributed by atoms with Crippen molar-refractivity contribution in [1.29, 1.82) is 0 Å². The zero-order chi connectivity index (χ0) is 20.2. The number of halogens is 1. The van der Waals surface area contributed by atoms with Gasteiger partial charge in [0.05, 0.1) is 18.4 Å². The van der Waals surface area contributed by atoms with Crippen molar-refractivity contribution in [2.24, 2.45) is 0 Å².